The maximum atomic E-state index is 12.2. The first-order chi connectivity index (χ1) is 10.8. The standard InChI is InChI=1S/C16H23N3O3S/c1-11(2)13-5-7-14(8-6-13)23(20,21)17-10-9-15-18-19-16(22-15)12(3)4/h5-8,11-12,17H,9-10H2,1-4H3. The summed E-state index contributed by atoms with van der Waals surface area (Å²) in [5.41, 5.74) is 1.11. The van der Waals surface area contributed by atoms with E-state index in [1.807, 2.05) is 26.0 Å². The smallest absolute Gasteiger partial charge is 0.240 e. The predicted octanol–water partition coefficient (Wildman–Crippen LogP) is 2.84. The summed E-state index contributed by atoms with van der Waals surface area (Å²) in [6.07, 6.45) is 0.364. The topological polar surface area (TPSA) is 85.1 Å². The SMILES string of the molecule is CC(C)c1ccc(S(=O)(=O)NCCc2nnc(C(C)C)o2)cc1. The molecule has 1 N–H and O–H groups in total. The molecule has 1 heterocycles. The number of nitrogens with one attached hydrogen (secondary N) is 1. The number of sulfonamides is 1. The van der Waals surface area contributed by atoms with Crippen molar-refractivity contribution in [3.63, 3.8) is 0 Å². The van der Waals surface area contributed by atoms with Gasteiger partial charge in [-0.15, -0.1) is 10.2 Å². The third-order valence-electron chi connectivity index (χ3n) is 3.46. The number of aromatic nitrogens is 2. The highest BCUT2D eigenvalue weighted by Crippen LogP contribution is 2.17. The van der Waals surface area contributed by atoms with E-state index in [1.54, 1.807) is 12.1 Å². The monoisotopic (exact) mass is 337 g/mol. The minimum absolute atomic E-state index is 0.160. The molecule has 0 aliphatic rings. The number of hydrogen-bond donors (Lipinski definition) is 1. The molecule has 0 saturated carbocycles. The van der Waals surface area contributed by atoms with Crippen molar-refractivity contribution < 1.29 is 12.8 Å². The molecule has 0 aliphatic carbocycles. The Balaban J connectivity index is 1.95. The van der Waals surface area contributed by atoms with Crippen molar-refractivity contribution in [2.24, 2.45) is 0 Å². The highest BCUT2D eigenvalue weighted by Gasteiger charge is 2.15. The minimum atomic E-state index is -3.52. The lowest BCUT2D eigenvalue weighted by Crippen LogP contribution is -2.26. The predicted molar refractivity (Wildman–Crippen MR) is 87.8 cm³/mol. The summed E-state index contributed by atoms with van der Waals surface area (Å²) in [7, 11) is -3.52. The van der Waals surface area contributed by atoms with Crippen molar-refractivity contribution in [3.8, 4) is 0 Å². The van der Waals surface area contributed by atoms with Gasteiger partial charge in [0.1, 0.15) is 0 Å². The average Bonchev–Trinajstić information content (AvgIpc) is 2.96. The molecular weight excluding hydrogens is 314 g/mol. The summed E-state index contributed by atoms with van der Waals surface area (Å²) >= 11 is 0. The molecule has 0 unspecified atom stereocenters. The van der Waals surface area contributed by atoms with Gasteiger partial charge in [0.2, 0.25) is 21.8 Å². The van der Waals surface area contributed by atoms with Gasteiger partial charge in [0.15, 0.2) is 0 Å². The van der Waals surface area contributed by atoms with Gasteiger partial charge in [0.05, 0.1) is 4.90 Å². The van der Waals surface area contributed by atoms with Crippen LogP contribution in [0.3, 0.4) is 0 Å². The van der Waals surface area contributed by atoms with Crippen LogP contribution in [0.4, 0.5) is 0 Å². The highest BCUT2D eigenvalue weighted by molar-refractivity contribution is 7.89. The van der Waals surface area contributed by atoms with Crippen LogP contribution in [0.5, 0.6) is 0 Å². The van der Waals surface area contributed by atoms with Crippen LogP contribution in [-0.4, -0.2) is 25.2 Å². The second kappa shape index (κ2) is 7.23. The first kappa shape index (κ1) is 17.6. The molecule has 0 saturated heterocycles. The summed E-state index contributed by atoms with van der Waals surface area (Å²) in [4.78, 5) is 0.260. The number of nitrogens with zero attached hydrogens (tertiary/aromatic N) is 2. The van der Waals surface area contributed by atoms with E-state index >= 15 is 0 Å². The molecule has 7 heteroatoms. The maximum Gasteiger partial charge on any atom is 0.240 e. The Hall–Kier alpha value is -1.73. The molecule has 0 bridgehead atoms. The molecule has 0 amide bonds. The van der Waals surface area contributed by atoms with Crippen LogP contribution in [0, 0.1) is 0 Å². The first-order valence-corrected chi connectivity index (χ1v) is 9.20. The lowest BCUT2D eigenvalue weighted by molar-refractivity contribution is 0.431. The zero-order valence-electron chi connectivity index (χ0n) is 13.9. The molecule has 23 heavy (non-hydrogen) atoms. The van der Waals surface area contributed by atoms with Crippen LogP contribution in [0.2, 0.25) is 0 Å². The van der Waals surface area contributed by atoms with Crippen LogP contribution in [-0.2, 0) is 16.4 Å². The van der Waals surface area contributed by atoms with Gasteiger partial charge in [-0.25, -0.2) is 13.1 Å². The fraction of sp³-hybridized carbons (Fsp3) is 0.500. The van der Waals surface area contributed by atoms with Gasteiger partial charge in [-0.05, 0) is 23.6 Å². The fourth-order valence-electron chi connectivity index (χ4n) is 2.01. The molecule has 0 fully saturated rings. The van der Waals surface area contributed by atoms with Crippen molar-refractivity contribution in [2.45, 2.75) is 50.8 Å². The number of hydrogen-bond acceptors (Lipinski definition) is 5. The first-order valence-electron chi connectivity index (χ1n) is 7.71. The average molecular weight is 337 g/mol. The molecule has 2 aromatic rings. The molecular formula is C16H23N3O3S. The Kier molecular flexibility index (Phi) is 5.54. The van der Waals surface area contributed by atoms with E-state index in [1.165, 1.54) is 0 Å². The van der Waals surface area contributed by atoms with E-state index in [0.29, 0.717) is 24.1 Å². The van der Waals surface area contributed by atoms with Gasteiger partial charge in [-0.2, -0.15) is 0 Å². The van der Waals surface area contributed by atoms with Crippen molar-refractivity contribution >= 4 is 10.0 Å². The van der Waals surface area contributed by atoms with E-state index in [-0.39, 0.29) is 17.4 Å². The van der Waals surface area contributed by atoms with E-state index in [2.05, 4.69) is 28.8 Å². The highest BCUT2D eigenvalue weighted by atomic mass is 32.2. The second-order valence-corrected chi connectivity index (χ2v) is 7.83. The fourth-order valence-corrected chi connectivity index (χ4v) is 3.04. The number of benzene rings is 1. The molecule has 1 aromatic carbocycles. The molecule has 0 spiro atoms. The molecule has 2 rings (SSSR count). The van der Waals surface area contributed by atoms with Crippen molar-refractivity contribution in [1.29, 1.82) is 0 Å². The van der Waals surface area contributed by atoms with Crippen LogP contribution in [0.1, 0.15) is 56.9 Å². The Morgan fingerprint density at radius 2 is 1.70 bits per heavy atom. The lowest BCUT2D eigenvalue weighted by atomic mass is 10.0. The summed E-state index contributed by atoms with van der Waals surface area (Å²) in [6, 6.07) is 6.93. The summed E-state index contributed by atoms with van der Waals surface area (Å²) < 4.78 is 32.5. The van der Waals surface area contributed by atoms with Crippen LogP contribution >= 0.6 is 0 Å². The van der Waals surface area contributed by atoms with Gasteiger partial charge in [0.25, 0.3) is 0 Å². The third-order valence-corrected chi connectivity index (χ3v) is 4.94. The molecule has 0 aliphatic heterocycles. The van der Waals surface area contributed by atoms with Crippen molar-refractivity contribution in [2.75, 3.05) is 6.54 Å². The molecule has 6 nitrogen and oxygen atoms in total. The Morgan fingerprint density at radius 3 is 2.22 bits per heavy atom. The normalized spacial score (nSPS) is 12.3. The van der Waals surface area contributed by atoms with E-state index in [9.17, 15) is 8.42 Å². The van der Waals surface area contributed by atoms with Gasteiger partial charge >= 0.3 is 0 Å². The van der Waals surface area contributed by atoms with Crippen molar-refractivity contribution in [3.05, 3.63) is 41.6 Å². The van der Waals surface area contributed by atoms with Crippen LogP contribution < -0.4 is 4.72 Å². The molecule has 1 aromatic heterocycles. The summed E-state index contributed by atoms with van der Waals surface area (Å²) in [6.45, 7) is 8.27. The number of rotatable bonds is 7. The molecule has 0 atom stereocenters. The molecule has 126 valence electrons. The van der Waals surface area contributed by atoms with Crippen LogP contribution in [0.15, 0.2) is 33.6 Å². The van der Waals surface area contributed by atoms with Crippen molar-refractivity contribution in [1.82, 2.24) is 14.9 Å². The second-order valence-electron chi connectivity index (χ2n) is 6.06. The van der Waals surface area contributed by atoms with E-state index < -0.39 is 10.0 Å². The maximum absolute atomic E-state index is 12.2. The third kappa shape index (κ3) is 4.62. The van der Waals surface area contributed by atoms with Gasteiger partial charge in [-0.1, -0.05) is 39.8 Å². The van der Waals surface area contributed by atoms with Gasteiger partial charge in [0, 0.05) is 18.9 Å². The quantitative estimate of drug-likeness (QED) is 0.839. The Morgan fingerprint density at radius 1 is 1.04 bits per heavy atom. The summed E-state index contributed by atoms with van der Waals surface area (Å²) in [5.74, 6) is 1.53. The van der Waals surface area contributed by atoms with Gasteiger partial charge < -0.3 is 4.42 Å². The largest absolute Gasteiger partial charge is 0.425 e. The van der Waals surface area contributed by atoms with E-state index in [0.717, 1.165) is 5.56 Å². The lowest BCUT2D eigenvalue weighted by Gasteiger charge is -2.08. The van der Waals surface area contributed by atoms with Crippen LogP contribution in [0.25, 0.3) is 0 Å². The summed E-state index contributed by atoms with van der Waals surface area (Å²) in [5, 5.41) is 7.83. The Bertz CT molecular complexity index is 734. The van der Waals surface area contributed by atoms with Gasteiger partial charge in [-0.3, -0.25) is 0 Å². The zero-order valence-corrected chi connectivity index (χ0v) is 14.7. The molecule has 0 radical (unpaired) electrons. The zero-order chi connectivity index (χ0) is 17.0. The minimum Gasteiger partial charge on any atom is -0.425 e. The Labute approximate surface area is 137 Å². The van der Waals surface area contributed by atoms with E-state index in [4.69, 9.17) is 4.42 Å².